The Bertz CT molecular complexity index is 765. The van der Waals surface area contributed by atoms with Gasteiger partial charge in [0.05, 0.1) is 14.2 Å². The van der Waals surface area contributed by atoms with Gasteiger partial charge in [0.1, 0.15) is 29.1 Å². The van der Waals surface area contributed by atoms with E-state index in [0.29, 0.717) is 11.3 Å². The molecule has 0 saturated carbocycles. The average molecular weight is 310 g/mol. The molecule has 1 aromatic carbocycles. The minimum absolute atomic E-state index is 0.157. The van der Waals surface area contributed by atoms with Crippen LogP contribution in [0.4, 0.5) is 0 Å². The van der Waals surface area contributed by atoms with E-state index in [2.05, 4.69) is 9.73 Å². The zero-order valence-electron chi connectivity index (χ0n) is 12.6. The van der Waals surface area contributed by atoms with Gasteiger partial charge in [-0.3, -0.25) is 0 Å². The van der Waals surface area contributed by atoms with E-state index in [0.717, 1.165) is 5.56 Å². The highest BCUT2D eigenvalue weighted by Crippen LogP contribution is 2.21. The van der Waals surface area contributed by atoms with Gasteiger partial charge in [-0.1, -0.05) is 12.1 Å². The lowest BCUT2D eigenvalue weighted by Gasteiger charge is -2.07. The number of nitrogens with zero attached hydrogens (tertiary/aromatic N) is 3. The average Bonchev–Trinajstić information content (AvgIpc) is 2.60. The zero-order chi connectivity index (χ0) is 17.2. The highest BCUT2D eigenvalue weighted by atomic mass is 16.5. The molecule has 0 atom stereocenters. The summed E-state index contributed by atoms with van der Waals surface area (Å²) >= 11 is 0. The molecular formula is C16H14N4O3. The lowest BCUT2D eigenvalue weighted by molar-refractivity contribution is 0.0597. The van der Waals surface area contributed by atoms with Crippen molar-refractivity contribution in [2.24, 2.45) is 10.7 Å². The number of nitrogens with two attached hydrogens (primary N) is 1. The van der Waals surface area contributed by atoms with Crippen molar-refractivity contribution in [1.29, 1.82) is 10.5 Å². The molecule has 0 aliphatic heterocycles. The summed E-state index contributed by atoms with van der Waals surface area (Å²) in [5.74, 6) is -0.114. The molecule has 23 heavy (non-hydrogen) atoms. The van der Waals surface area contributed by atoms with Gasteiger partial charge in [-0.05, 0) is 23.8 Å². The van der Waals surface area contributed by atoms with Crippen LogP contribution < -0.4 is 10.5 Å². The lowest BCUT2D eigenvalue weighted by Crippen LogP contribution is -2.04. The van der Waals surface area contributed by atoms with E-state index in [-0.39, 0.29) is 11.4 Å². The van der Waals surface area contributed by atoms with Crippen molar-refractivity contribution in [1.82, 2.24) is 0 Å². The quantitative estimate of drug-likeness (QED) is 0.502. The van der Waals surface area contributed by atoms with Crippen LogP contribution in [0, 0.1) is 22.7 Å². The van der Waals surface area contributed by atoms with Crippen LogP contribution in [0.15, 0.2) is 40.7 Å². The molecular weight excluding hydrogens is 296 g/mol. The van der Waals surface area contributed by atoms with Crippen molar-refractivity contribution in [3.8, 4) is 17.9 Å². The van der Waals surface area contributed by atoms with Gasteiger partial charge in [-0.25, -0.2) is 9.79 Å². The van der Waals surface area contributed by atoms with Crippen molar-refractivity contribution in [3.05, 3.63) is 46.8 Å². The topological polar surface area (TPSA) is 121 Å². The monoisotopic (exact) mass is 310 g/mol. The molecule has 0 saturated heterocycles. The second kappa shape index (κ2) is 8.65. The first-order valence-corrected chi connectivity index (χ1v) is 6.34. The van der Waals surface area contributed by atoms with Gasteiger partial charge in [-0.2, -0.15) is 10.5 Å². The third-order valence-electron chi connectivity index (χ3n) is 2.69. The van der Waals surface area contributed by atoms with Gasteiger partial charge in [-0.15, -0.1) is 0 Å². The van der Waals surface area contributed by atoms with Gasteiger partial charge in [0, 0.05) is 6.21 Å². The molecule has 0 radical (unpaired) electrons. The smallest absolute Gasteiger partial charge is 0.341 e. The summed E-state index contributed by atoms with van der Waals surface area (Å²) < 4.78 is 9.80. The maximum atomic E-state index is 11.5. The van der Waals surface area contributed by atoms with Crippen molar-refractivity contribution in [3.63, 3.8) is 0 Å². The fraction of sp³-hybridized carbons (Fsp3) is 0.125. The largest absolute Gasteiger partial charge is 0.496 e. The van der Waals surface area contributed by atoms with Crippen molar-refractivity contribution < 1.29 is 14.3 Å². The Morgan fingerprint density at radius 2 is 2.04 bits per heavy atom. The highest BCUT2D eigenvalue weighted by Gasteiger charge is 2.12. The third kappa shape index (κ3) is 4.73. The van der Waals surface area contributed by atoms with Crippen LogP contribution in [0.2, 0.25) is 0 Å². The molecule has 1 aromatic rings. The first kappa shape index (κ1) is 17.5. The molecule has 0 heterocycles. The number of methoxy groups -OCH3 is 2. The molecule has 7 nitrogen and oxygen atoms in total. The first-order chi connectivity index (χ1) is 11.1. The molecule has 7 heteroatoms. The maximum Gasteiger partial charge on any atom is 0.341 e. The number of aliphatic imine (C=N–C) groups is 1. The number of allylic oxidation sites excluding steroid dienone is 3. The Morgan fingerprint density at radius 1 is 1.30 bits per heavy atom. The Balaban J connectivity index is 2.97. The lowest BCUT2D eigenvalue weighted by atomic mass is 10.1. The molecule has 0 fully saturated rings. The van der Waals surface area contributed by atoms with Crippen LogP contribution in [0.1, 0.15) is 15.9 Å². The summed E-state index contributed by atoms with van der Waals surface area (Å²) in [6.07, 6.45) is 4.59. The highest BCUT2D eigenvalue weighted by molar-refractivity contribution is 5.93. The predicted octanol–water partition coefficient (Wildman–Crippen LogP) is 1.78. The van der Waals surface area contributed by atoms with Gasteiger partial charge in [0.15, 0.2) is 5.70 Å². The summed E-state index contributed by atoms with van der Waals surface area (Å²) in [6.45, 7) is 0. The standard InChI is InChI=1S/C16H14N4O3/c1-22-15-8-11(5-6-12(15)16(21)23-2)4-3-7-20-14(10-18)13(19)9-17/h3-8H,19H2,1-2H3/b4-3+,14-13-,20-7+. The molecule has 116 valence electrons. The predicted molar refractivity (Wildman–Crippen MR) is 84.3 cm³/mol. The number of esters is 1. The Hall–Kier alpha value is -3.58. The van der Waals surface area contributed by atoms with Crippen molar-refractivity contribution >= 4 is 18.3 Å². The van der Waals surface area contributed by atoms with Gasteiger partial charge >= 0.3 is 5.97 Å². The molecule has 0 unspecified atom stereocenters. The molecule has 2 N–H and O–H groups in total. The van der Waals surface area contributed by atoms with Gasteiger partial charge < -0.3 is 15.2 Å². The molecule has 0 aromatic heterocycles. The molecule has 0 amide bonds. The van der Waals surface area contributed by atoms with Gasteiger partial charge in [0.2, 0.25) is 0 Å². The Kier molecular flexibility index (Phi) is 6.57. The van der Waals surface area contributed by atoms with Crippen LogP contribution in [0.3, 0.4) is 0 Å². The third-order valence-corrected chi connectivity index (χ3v) is 2.69. The van der Waals surface area contributed by atoms with E-state index in [4.69, 9.17) is 21.0 Å². The minimum atomic E-state index is -0.491. The number of carbonyl (C=O) groups excluding carboxylic acids is 1. The fourth-order valence-electron chi connectivity index (χ4n) is 1.57. The molecule has 0 spiro atoms. The molecule has 1 rings (SSSR count). The van der Waals surface area contributed by atoms with E-state index >= 15 is 0 Å². The fourth-order valence-corrected chi connectivity index (χ4v) is 1.57. The second-order valence-corrected chi connectivity index (χ2v) is 4.07. The van der Waals surface area contributed by atoms with Crippen molar-refractivity contribution in [2.75, 3.05) is 14.2 Å². The van der Waals surface area contributed by atoms with Crippen LogP contribution in [0.5, 0.6) is 5.75 Å². The summed E-state index contributed by atoms with van der Waals surface area (Å²) in [7, 11) is 2.74. The number of rotatable bonds is 5. The summed E-state index contributed by atoms with van der Waals surface area (Å²) in [5.41, 5.74) is 5.97. The van der Waals surface area contributed by atoms with Crippen molar-refractivity contribution in [2.45, 2.75) is 0 Å². The number of ether oxygens (including phenoxy) is 2. The van der Waals surface area contributed by atoms with Crippen LogP contribution in [0.25, 0.3) is 6.08 Å². The minimum Gasteiger partial charge on any atom is -0.496 e. The number of benzene rings is 1. The Morgan fingerprint density at radius 3 is 2.61 bits per heavy atom. The summed E-state index contributed by atoms with van der Waals surface area (Å²) in [6, 6.07) is 8.31. The van der Waals surface area contributed by atoms with E-state index in [1.165, 1.54) is 20.4 Å². The van der Waals surface area contributed by atoms with E-state index in [1.807, 2.05) is 0 Å². The normalized spacial score (nSPS) is 11.7. The number of nitriles is 2. The SMILES string of the molecule is COC(=O)c1ccc(/C=C/C=N/C(C#N)=C(\N)C#N)cc1OC. The number of carbonyl (C=O) groups is 1. The Labute approximate surface area is 133 Å². The number of hydrogen-bond acceptors (Lipinski definition) is 7. The second-order valence-electron chi connectivity index (χ2n) is 4.07. The van der Waals surface area contributed by atoms with Crippen LogP contribution in [-0.4, -0.2) is 26.4 Å². The van der Waals surface area contributed by atoms with E-state index in [9.17, 15) is 4.79 Å². The van der Waals surface area contributed by atoms with Crippen LogP contribution >= 0.6 is 0 Å². The van der Waals surface area contributed by atoms with Crippen LogP contribution in [-0.2, 0) is 4.74 Å². The maximum absolute atomic E-state index is 11.5. The zero-order valence-corrected chi connectivity index (χ0v) is 12.6. The van der Waals surface area contributed by atoms with Gasteiger partial charge in [0.25, 0.3) is 0 Å². The van der Waals surface area contributed by atoms with E-state index < -0.39 is 5.97 Å². The molecule has 0 aliphatic carbocycles. The summed E-state index contributed by atoms with van der Waals surface area (Å²) in [5, 5.41) is 17.4. The molecule has 0 aliphatic rings. The van der Waals surface area contributed by atoms with E-state index in [1.54, 1.807) is 42.5 Å². The number of hydrogen-bond donors (Lipinski definition) is 1. The summed E-state index contributed by atoms with van der Waals surface area (Å²) in [4.78, 5) is 15.3. The first-order valence-electron chi connectivity index (χ1n) is 6.34. The molecule has 0 bridgehead atoms.